The highest BCUT2D eigenvalue weighted by molar-refractivity contribution is 5.95. The van der Waals surface area contributed by atoms with Crippen LogP contribution >= 0.6 is 0 Å². The summed E-state index contributed by atoms with van der Waals surface area (Å²) in [5.74, 6) is 0.323. The van der Waals surface area contributed by atoms with E-state index < -0.39 is 29.1 Å². The van der Waals surface area contributed by atoms with Gasteiger partial charge >= 0.3 is 6.18 Å². The van der Waals surface area contributed by atoms with Crippen molar-refractivity contribution in [1.82, 2.24) is 30.0 Å². The summed E-state index contributed by atoms with van der Waals surface area (Å²) in [4.78, 5) is 25.3. The molecule has 1 aliphatic rings. The second-order valence-electron chi connectivity index (χ2n) is 7.66. The summed E-state index contributed by atoms with van der Waals surface area (Å²) >= 11 is 0. The predicted octanol–water partition coefficient (Wildman–Crippen LogP) is 3.43. The molecule has 0 spiro atoms. The van der Waals surface area contributed by atoms with Gasteiger partial charge in [0.1, 0.15) is 5.82 Å². The zero-order valence-electron chi connectivity index (χ0n) is 17.2. The summed E-state index contributed by atoms with van der Waals surface area (Å²) in [6.45, 7) is 3.31. The number of hydrogen-bond donors (Lipinski definition) is 1. The SMILES string of the molecule is Cc1nc(C(C)NC(=O)c2cc(C(F)(F)F)cc(C3(C#N)CC3)c2)nn1-c1ncccn1. The van der Waals surface area contributed by atoms with Crippen LogP contribution in [0.5, 0.6) is 0 Å². The third kappa shape index (κ3) is 4.03. The molecule has 0 bridgehead atoms. The van der Waals surface area contributed by atoms with Gasteiger partial charge in [-0.3, -0.25) is 4.79 Å². The van der Waals surface area contributed by atoms with Crippen LogP contribution in [0.15, 0.2) is 36.7 Å². The molecular formula is C21H18F3N7O. The van der Waals surface area contributed by atoms with Crippen LogP contribution in [-0.4, -0.2) is 30.6 Å². The van der Waals surface area contributed by atoms with Crippen LogP contribution < -0.4 is 5.32 Å². The number of amides is 1. The van der Waals surface area contributed by atoms with E-state index in [1.807, 2.05) is 0 Å². The fourth-order valence-electron chi connectivity index (χ4n) is 3.32. The molecule has 1 fully saturated rings. The molecule has 2 aromatic heterocycles. The Kier molecular flexibility index (Phi) is 5.16. The monoisotopic (exact) mass is 441 g/mol. The first kappa shape index (κ1) is 21.4. The number of halogens is 3. The van der Waals surface area contributed by atoms with E-state index in [1.54, 1.807) is 32.3 Å². The Morgan fingerprint density at radius 3 is 2.53 bits per heavy atom. The van der Waals surface area contributed by atoms with Gasteiger partial charge in [0.05, 0.1) is 23.1 Å². The lowest BCUT2D eigenvalue weighted by atomic mass is 9.93. The molecule has 0 radical (unpaired) electrons. The quantitative estimate of drug-likeness (QED) is 0.650. The molecule has 1 unspecified atom stereocenters. The van der Waals surface area contributed by atoms with Gasteiger partial charge in [-0.1, -0.05) is 0 Å². The molecule has 1 amide bonds. The van der Waals surface area contributed by atoms with Gasteiger partial charge in [0, 0.05) is 18.0 Å². The van der Waals surface area contributed by atoms with Crippen LogP contribution in [0.25, 0.3) is 5.95 Å². The van der Waals surface area contributed by atoms with E-state index in [9.17, 15) is 23.2 Å². The van der Waals surface area contributed by atoms with Crippen molar-refractivity contribution >= 4 is 5.91 Å². The minimum Gasteiger partial charge on any atom is -0.342 e. The molecule has 2 heterocycles. The molecule has 1 N–H and O–H groups in total. The number of alkyl halides is 3. The summed E-state index contributed by atoms with van der Waals surface area (Å²) in [5, 5.41) is 16.3. The van der Waals surface area contributed by atoms with Crippen molar-refractivity contribution in [2.45, 2.75) is 44.3 Å². The molecule has 0 aliphatic heterocycles. The van der Waals surface area contributed by atoms with Gasteiger partial charge in [-0.2, -0.15) is 23.1 Å². The summed E-state index contributed by atoms with van der Waals surface area (Å²) in [6, 6.07) is 6.11. The number of benzene rings is 1. The Morgan fingerprint density at radius 1 is 1.25 bits per heavy atom. The van der Waals surface area contributed by atoms with E-state index in [0.717, 1.165) is 12.1 Å². The zero-order chi connectivity index (χ0) is 23.1. The van der Waals surface area contributed by atoms with E-state index >= 15 is 0 Å². The van der Waals surface area contributed by atoms with E-state index in [-0.39, 0.29) is 17.0 Å². The van der Waals surface area contributed by atoms with Crippen molar-refractivity contribution < 1.29 is 18.0 Å². The van der Waals surface area contributed by atoms with Crippen LogP contribution in [0, 0.1) is 18.3 Å². The van der Waals surface area contributed by atoms with Crippen LogP contribution in [0.1, 0.15) is 58.9 Å². The normalized spacial score (nSPS) is 15.6. The molecule has 1 aliphatic carbocycles. The summed E-state index contributed by atoms with van der Waals surface area (Å²) < 4.78 is 41.6. The van der Waals surface area contributed by atoms with E-state index in [2.05, 4.69) is 31.4 Å². The molecule has 1 aromatic carbocycles. The maximum Gasteiger partial charge on any atom is 0.416 e. The molecule has 11 heteroatoms. The van der Waals surface area contributed by atoms with Gasteiger partial charge in [0.2, 0.25) is 0 Å². The summed E-state index contributed by atoms with van der Waals surface area (Å²) in [6.07, 6.45) is -0.620. The Hall–Kier alpha value is -3.81. The molecule has 3 aromatic rings. The number of rotatable bonds is 5. The average Bonchev–Trinajstić information content (AvgIpc) is 3.48. The molecule has 1 saturated carbocycles. The second kappa shape index (κ2) is 7.71. The van der Waals surface area contributed by atoms with Crippen molar-refractivity contribution in [2.24, 2.45) is 0 Å². The number of carbonyl (C=O) groups excluding carboxylic acids is 1. The Balaban J connectivity index is 1.60. The van der Waals surface area contributed by atoms with Crippen LogP contribution in [0.3, 0.4) is 0 Å². The number of aryl methyl sites for hydroxylation is 1. The lowest BCUT2D eigenvalue weighted by molar-refractivity contribution is -0.137. The van der Waals surface area contributed by atoms with Crippen molar-refractivity contribution in [2.75, 3.05) is 0 Å². The van der Waals surface area contributed by atoms with E-state index in [0.29, 0.717) is 24.6 Å². The van der Waals surface area contributed by atoms with Crippen molar-refractivity contribution in [3.8, 4) is 12.0 Å². The highest BCUT2D eigenvalue weighted by atomic mass is 19.4. The third-order valence-corrected chi connectivity index (χ3v) is 5.30. The number of aromatic nitrogens is 5. The third-order valence-electron chi connectivity index (χ3n) is 5.30. The van der Waals surface area contributed by atoms with Crippen LogP contribution in [0.4, 0.5) is 13.2 Å². The Bertz CT molecular complexity index is 1210. The van der Waals surface area contributed by atoms with Gasteiger partial charge in [0.15, 0.2) is 5.82 Å². The Labute approximate surface area is 181 Å². The number of nitriles is 1. The lowest BCUT2D eigenvalue weighted by Gasteiger charge is -2.16. The van der Waals surface area contributed by atoms with Crippen LogP contribution in [0.2, 0.25) is 0 Å². The van der Waals surface area contributed by atoms with Gasteiger partial charge in [0.25, 0.3) is 11.9 Å². The standard InChI is InChI=1S/C21H18F3N7O/c1-12(17-29-13(2)31(30-17)19-26-6-3-7-27-19)28-18(32)14-8-15(20(11-25)4-5-20)10-16(9-14)21(22,23)24/h3,6-10,12H,4-5H2,1-2H3,(H,28,32). The lowest BCUT2D eigenvalue weighted by Crippen LogP contribution is -2.28. The minimum absolute atomic E-state index is 0.175. The van der Waals surface area contributed by atoms with Gasteiger partial charge < -0.3 is 5.32 Å². The summed E-state index contributed by atoms with van der Waals surface area (Å²) in [7, 11) is 0. The topological polar surface area (TPSA) is 109 Å². The first-order valence-corrected chi connectivity index (χ1v) is 9.79. The fraction of sp³-hybridized carbons (Fsp3) is 0.333. The van der Waals surface area contributed by atoms with E-state index in [4.69, 9.17) is 0 Å². The van der Waals surface area contributed by atoms with Crippen molar-refractivity contribution in [3.63, 3.8) is 0 Å². The second-order valence-corrected chi connectivity index (χ2v) is 7.66. The summed E-state index contributed by atoms with van der Waals surface area (Å²) in [5.41, 5.74) is -1.90. The highest BCUT2D eigenvalue weighted by Crippen LogP contribution is 2.48. The maximum atomic E-state index is 13.4. The Morgan fingerprint density at radius 2 is 1.94 bits per heavy atom. The fourth-order valence-corrected chi connectivity index (χ4v) is 3.32. The predicted molar refractivity (Wildman–Crippen MR) is 106 cm³/mol. The highest BCUT2D eigenvalue weighted by Gasteiger charge is 2.46. The maximum absolute atomic E-state index is 13.4. The number of hydrogen-bond acceptors (Lipinski definition) is 6. The molecule has 164 valence electrons. The van der Waals surface area contributed by atoms with Gasteiger partial charge in [-0.25, -0.2) is 15.0 Å². The molecular weight excluding hydrogens is 423 g/mol. The minimum atomic E-state index is -4.64. The van der Waals surface area contributed by atoms with Crippen molar-refractivity contribution in [1.29, 1.82) is 5.26 Å². The van der Waals surface area contributed by atoms with Gasteiger partial charge in [-0.05, 0) is 56.5 Å². The van der Waals surface area contributed by atoms with E-state index in [1.165, 1.54) is 10.7 Å². The molecule has 32 heavy (non-hydrogen) atoms. The molecule has 1 atom stereocenters. The zero-order valence-corrected chi connectivity index (χ0v) is 17.2. The average molecular weight is 441 g/mol. The molecule has 4 rings (SSSR count). The number of carbonyl (C=O) groups is 1. The molecule has 8 nitrogen and oxygen atoms in total. The first-order chi connectivity index (χ1) is 15.1. The largest absolute Gasteiger partial charge is 0.416 e. The smallest absolute Gasteiger partial charge is 0.342 e. The number of nitrogens with one attached hydrogen (secondary N) is 1. The van der Waals surface area contributed by atoms with Gasteiger partial charge in [-0.15, -0.1) is 5.10 Å². The number of nitrogens with zero attached hydrogens (tertiary/aromatic N) is 6. The first-order valence-electron chi connectivity index (χ1n) is 9.79. The van der Waals surface area contributed by atoms with Crippen molar-refractivity contribution in [3.05, 3.63) is 65.0 Å². The molecule has 0 saturated heterocycles. The van der Waals surface area contributed by atoms with Crippen LogP contribution in [-0.2, 0) is 11.6 Å².